The molecule has 0 aliphatic rings. The molecular formula is C23H31N3O5S. The Hall–Kier alpha value is -3.07. The molecule has 9 heteroatoms. The number of unbranched alkanes of at least 4 members (excludes halogenated alkanes) is 1. The van der Waals surface area contributed by atoms with Gasteiger partial charge < -0.3 is 15.4 Å². The summed E-state index contributed by atoms with van der Waals surface area (Å²) in [6, 6.07) is 13.5. The first-order valence-corrected chi connectivity index (χ1v) is 12.4. The van der Waals surface area contributed by atoms with Crippen LogP contribution in [0.2, 0.25) is 0 Å². The summed E-state index contributed by atoms with van der Waals surface area (Å²) in [6.45, 7) is 2.77. The Labute approximate surface area is 190 Å². The van der Waals surface area contributed by atoms with Crippen LogP contribution in [0.3, 0.4) is 0 Å². The number of para-hydroxylation sites is 1. The molecule has 0 aromatic heterocycles. The summed E-state index contributed by atoms with van der Waals surface area (Å²) in [7, 11) is -1.98. The predicted molar refractivity (Wildman–Crippen MR) is 127 cm³/mol. The second kappa shape index (κ2) is 12.1. The van der Waals surface area contributed by atoms with Gasteiger partial charge in [0.15, 0.2) is 0 Å². The van der Waals surface area contributed by atoms with E-state index in [0.29, 0.717) is 35.7 Å². The molecule has 2 aromatic carbocycles. The van der Waals surface area contributed by atoms with E-state index in [2.05, 4.69) is 10.6 Å². The van der Waals surface area contributed by atoms with E-state index in [0.717, 1.165) is 19.1 Å². The number of rotatable bonds is 12. The van der Waals surface area contributed by atoms with Gasteiger partial charge in [-0.2, -0.15) is 0 Å². The van der Waals surface area contributed by atoms with E-state index in [1.54, 1.807) is 48.5 Å². The van der Waals surface area contributed by atoms with Crippen molar-refractivity contribution in [2.45, 2.75) is 32.6 Å². The molecule has 0 spiro atoms. The highest BCUT2D eigenvalue weighted by atomic mass is 32.2. The largest absolute Gasteiger partial charge is 0.497 e. The van der Waals surface area contributed by atoms with Crippen molar-refractivity contribution in [3.8, 4) is 5.75 Å². The van der Waals surface area contributed by atoms with E-state index in [4.69, 9.17) is 4.74 Å². The maximum Gasteiger partial charge on any atom is 0.253 e. The summed E-state index contributed by atoms with van der Waals surface area (Å²) in [5.74, 6) is 0.0954. The van der Waals surface area contributed by atoms with Gasteiger partial charge in [0.05, 0.1) is 30.3 Å². The van der Waals surface area contributed by atoms with Crippen LogP contribution in [0.15, 0.2) is 48.5 Å². The van der Waals surface area contributed by atoms with Crippen LogP contribution in [-0.2, 0) is 14.8 Å². The van der Waals surface area contributed by atoms with Crippen molar-refractivity contribution in [3.05, 3.63) is 54.1 Å². The van der Waals surface area contributed by atoms with Crippen molar-refractivity contribution < 1.29 is 22.7 Å². The molecule has 0 aliphatic carbocycles. The Bertz CT molecular complexity index is 1010. The number of nitrogens with one attached hydrogen (secondary N) is 2. The Morgan fingerprint density at radius 3 is 2.34 bits per heavy atom. The van der Waals surface area contributed by atoms with Gasteiger partial charge in [-0.3, -0.25) is 13.9 Å². The van der Waals surface area contributed by atoms with Crippen molar-refractivity contribution in [1.82, 2.24) is 5.32 Å². The van der Waals surface area contributed by atoms with Gasteiger partial charge in [0.25, 0.3) is 5.91 Å². The number of hydrogen-bond donors (Lipinski definition) is 2. The highest BCUT2D eigenvalue weighted by Crippen LogP contribution is 2.22. The lowest BCUT2D eigenvalue weighted by Gasteiger charge is -2.22. The van der Waals surface area contributed by atoms with Crippen molar-refractivity contribution in [3.63, 3.8) is 0 Å². The first kappa shape index (κ1) is 25.2. The summed E-state index contributed by atoms with van der Waals surface area (Å²) in [6.07, 6.45) is 3.40. The molecular weight excluding hydrogens is 430 g/mol. The minimum absolute atomic E-state index is 0.105. The van der Waals surface area contributed by atoms with Crippen LogP contribution in [0, 0.1) is 0 Å². The minimum Gasteiger partial charge on any atom is -0.497 e. The molecule has 0 heterocycles. The molecule has 2 N–H and O–H groups in total. The maximum absolute atomic E-state index is 12.5. The molecule has 2 amide bonds. The zero-order chi connectivity index (χ0) is 23.6. The van der Waals surface area contributed by atoms with Crippen LogP contribution in [-0.4, -0.2) is 46.7 Å². The highest BCUT2D eigenvalue weighted by molar-refractivity contribution is 7.92. The van der Waals surface area contributed by atoms with Gasteiger partial charge in [-0.25, -0.2) is 8.42 Å². The highest BCUT2D eigenvalue weighted by Gasteiger charge is 2.18. The van der Waals surface area contributed by atoms with Gasteiger partial charge in [0, 0.05) is 19.5 Å². The lowest BCUT2D eigenvalue weighted by atomic mass is 10.1. The average Bonchev–Trinajstić information content (AvgIpc) is 2.76. The van der Waals surface area contributed by atoms with Gasteiger partial charge in [-0.05, 0) is 49.2 Å². The number of carbonyl (C=O) groups is 2. The summed E-state index contributed by atoms with van der Waals surface area (Å²) < 4.78 is 30.8. The van der Waals surface area contributed by atoms with Crippen molar-refractivity contribution in [2.24, 2.45) is 0 Å². The van der Waals surface area contributed by atoms with Crippen LogP contribution >= 0.6 is 0 Å². The molecule has 8 nitrogen and oxygen atoms in total. The Balaban J connectivity index is 1.98. The topological polar surface area (TPSA) is 105 Å². The van der Waals surface area contributed by atoms with Crippen LogP contribution in [0.25, 0.3) is 0 Å². The van der Waals surface area contributed by atoms with Crippen LogP contribution in [0.4, 0.5) is 11.4 Å². The molecule has 0 fully saturated rings. The minimum atomic E-state index is -3.52. The molecule has 0 saturated heterocycles. The van der Waals surface area contributed by atoms with Gasteiger partial charge >= 0.3 is 0 Å². The van der Waals surface area contributed by atoms with E-state index in [1.165, 1.54) is 11.4 Å². The normalized spacial score (nSPS) is 11.0. The average molecular weight is 462 g/mol. The standard InChI is InChI=1S/C23H31N3O5S/c1-4-5-16-24-23(28)20-9-6-7-10-21(20)25-22(27)11-8-17-26(32(3,29)30)18-12-14-19(31-2)15-13-18/h6-7,9-10,12-15H,4-5,8,11,16-17H2,1-3H3,(H,24,28)(H,25,27). The molecule has 2 rings (SSSR count). The van der Waals surface area contributed by atoms with E-state index >= 15 is 0 Å². The third-order valence-electron chi connectivity index (χ3n) is 4.79. The molecule has 0 atom stereocenters. The maximum atomic E-state index is 12.5. The van der Waals surface area contributed by atoms with Gasteiger partial charge in [0.2, 0.25) is 15.9 Å². The Kier molecular flexibility index (Phi) is 9.52. The number of hydrogen-bond acceptors (Lipinski definition) is 5. The molecule has 0 aliphatic heterocycles. The number of amides is 2. The zero-order valence-electron chi connectivity index (χ0n) is 18.8. The fourth-order valence-electron chi connectivity index (χ4n) is 3.09. The molecule has 174 valence electrons. The number of sulfonamides is 1. The quantitative estimate of drug-likeness (QED) is 0.471. The predicted octanol–water partition coefficient (Wildman–Crippen LogP) is 3.41. The molecule has 2 aromatic rings. The number of anilines is 2. The smallest absolute Gasteiger partial charge is 0.253 e. The van der Waals surface area contributed by atoms with Crippen LogP contribution in [0.5, 0.6) is 5.75 Å². The zero-order valence-corrected chi connectivity index (χ0v) is 19.6. The Morgan fingerprint density at radius 1 is 1.03 bits per heavy atom. The summed E-state index contributed by atoms with van der Waals surface area (Å²) in [4.78, 5) is 24.9. The number of carbonyl (C=O) groups excluding carboxylic acids is 2. The third kappa shape index (κ3) is 7.56. The lowest BCUT2D eigenvalue weighted by molar-refractivity contribution is -0.116. The van der Waals surface area contributed by atoms with Gasteiger partial charge in [-0.15, -0.1) is 0 Å². The monoisotopic (exact) mass is 461 g/mol. The van der Waals surface area contributed by atoms with Gasteiger partial charge in [0.1, 0.15) is 5.75 Å². The summed E-state index contributed by atoms with van der Waals surface area (Å²) >= 11 is 0. The van der Waals surface area contributed by atoms with Crippen LogP contribution < -0.4 is 19.7 Å². The lowest BCUT2D eigenvalue weighted by Crippen LogP contribution is -2.31. The number of methoxy groups -OCH3 is 1. The fourth-order valence-corrected chi connectivity index (χ4v) is 4.06. The van der Waals surface area contributed by atoms with Crippen LogP contribution in [0.1, 0.15) is 43.0 Å². The van der Waals surface area contributed by atoms with E-state index < -0.39 is 10.0 Å². The molecule has 32 heavy (non-hydrogen) atoms. The van der Waals surface area contributed by atoms with Crippen molar-refractivity contribution in [2.75, 3.05) is 36.1 Å². The van der Waals surface area contributed by atoms with E-state index in [9.17, 15) is 18.0 Å². The third-order valence-corrected chi connectivity index (χ3v) is 5.98. The first-order chi connectivity index (χ1) is 15.3. The molecule has 0 radical (unpaired) electrons. The molecule has 0 unspecified atom stereocenters. The number of ether oxygens (including phenoxy) is 1. The molecule has 0 bridgehead atoms. The number of nitrogens with zero attached hydrogens (tertiary/aromatic N) is 1. The van der Waals surface area contributed by atoms with Crippen molar-refractivity contribution in [1.29, 1.82) is 0 Å². The summed E-state index contributed by atoms with van der Waals surface area (Å²) in [5, 5.41) is 5.61. The summed E-state index contributed by atoms with van der Waals surface area (Å²) in [5.41, 5.74) is 1.33. The van der Waals surface area contributed by atoms with E-state index in [1.807, 2.05) is 6.92 Å². The Morgan fingerprint density at radius 2 is 1.72 bits per heavy atom. The number of benzene rings is 2. The second-order valence-corrected chi connectivity index (χ2v) is 9.25. The second-order valence-electron chi connectivity index (χ2n) is 7.34. The fraction of sp³-hybridized carbons (Fsp3) is 0.391. The van der Waals surface area contributed by atoms with Crippen molar-refractivity contribution >= 4 is 33.2 Å². The van der Waals surface area contributed by atoms with Gasteiger partial charge in [-0.1, -0.05) is 25.5 Å². The SMILES string of the molecule is CCCCNC(=O)c1ccccc1NC(=O)CCCN(c1ccc(OC)cc1)S(C)(=O)=O. The van der Waals surface area contributed by atoms with E-state index in [-0.39, 0.29) is 24.8 Å². The molecule has 0 saturated carbocycles. The first-order valence-electron chi connectivity index (χ1n) is 10.5.